The number of aromatic hydroxyl groups is 1. The van der Waals surface area contributed by atoms with Gasteiger partial charge in [-0.15, -0.1) is 0 Å². The van der Waals surface area contributed by atoms with Crippen molar-refractivity contribution in [1.82, 2.24) is 0 Å². The number of hydrogen-bond acceptors (Lipinski definition) is 7. The van der Waals surface area contributed by atoms with Crippen LogP contribution in [0.1, 0.15) is 25.8 Å². The fourth-order valence-electron chi connectivity index (χ4n) is 4.91. The minimum absolute atomic E-state index is 0.0249. The van der Waals surface area contributed by atoms with Gasteiger partial charge in [0.25, 0.3) is 0 Å². The number of phenols is 1. The Hall–Kier alpha value is -2.93. The number of benzene rings is 1. The maximum Gasteiger partial charge on any atom is 0.310 e. The lowest BCUT2D eigenvalue weighted by Gasteiger charge is -2.29. The predicted octanol–water partition coefficient (Wildman–Crippen LogP) is 1.86. The highest BCUT2D eigenvalue weighted by Crippen LogP contribution is 2.48. The van der Waals surface area contributed by atoms with Crippen LogP contribution in [0.2, 0.25) is 0 Å². The lowest BCUT2D eigenvalue weighted by molar-refractivity contribution is -0.152. The number of carbonyl (C=O) groups is 3. The first-order valence-corrected chi connectivity index (χ1v) is 10.0. The maximum absolute atomic E-state index is 12.6. The zero-order chi connectivity index (χ0) is 21.6. The highest BCUT2D eigenvalue weighted by molar-refractivity contribution is 6.09. The number of fused-ring (bicyclic) bond motifs is 3. The van der Waals surface area contributed by atoms with Crippen LogP contribution in [0.4, 0.5) is 0 Å². The molecule has 7 heteroatoms. The van der Waals surface area contributed by atoms with Crippen LogP contribution in [0.3, 0.4) is 0 Å². The second-order valence-electron chi connectivity index (χ2n) is 8.26. The van der Waals surface area contributed by atoms with E-state index in [1.54, 1.807) is 19.1 Å². The summed E-state index contributed by atoms with van der Waals surface area (Å²) in [7, 11) is 0. The van der Waals surface area contributed by atoms with Crippen molar-refractivity contribution in [2.24, 2.45) is 17.8 Å². The van der Waals surface area contributed by atoms with E-state index in [-0.39, 0.29) is 30.5 Å². The summed E-state index contributed by atoms with van der Waals surface area (Å²) in [6.45, 7) is 3.27. The first kappa shape index (κ1) is 20.3. The van der Waals surface area contributed by atoms with E-state index < -0.39 is 35.9 Å². The molecule has 7 nitrogen and oxygen atoms in total. The smallest absolute Gasteiger partial charge is 0.310 e. The number of carbonyl (C=O) groups excluding carboxylic acids is 3. The van der Waals surface area contributed by atoms with Crippen LogP contribution in [0.5, 0.6) is 5.75 Å². The van der Waals surface area contributed by atoms with Gasteiger partial charge in [-0.2, -0.15) is 0 Å². The summed E-state index contributed by atoms with van der Waals surface area (Å²) < 4.78 is 11.5. The Morgan fingerprint density at radius 1 is 1.23 bits per heavy atom. The molecule has 4 rings (SSSR count). The fraction of sp³-hybridized carbons (Fsp3) is 0.435. The molecule has 2 aliphatic carbocycles. The number of phenolic OH excluding ortho intramolecular Hbond substituents is 1. The van der Waals surface area contributed by atoms with Crippen molar-refractivity contribution in [2.75, 3.05) is 6.61 Å². The van der Waals surface area contributed by atoms with Crippen molar-refractivity contribution in [2.45, 2.75) is 38.9 Å². The molecule has 1 aliphatic heterocycles. The number of ether oxygens (including phenoxy) is 2. The summed E-state index contributed by atoms with van der Waals surface area (Å²) in [5.74, 6) is -2.33. The van der Waals surface area contributed by atoms with Gasteiger partial charge in [0.1, 0.15) is 18.0 Å². The molecule has 0 spiro atoms. The molecular weight excluding hydrogens is 388 g/mol. The van der Waals surface area contributed by atoms with Gasteiger partial charge in [0.2, 0.25) is 0 Å². The average Bonchev–Trinajstić information content (AvgIpc) is 3.15. The number of ketones is 1. The maximum atomic E-state index is 12.6. The highest BCUT2D eigenvalue weighted by atomic mass is 16.6. The van der Waals surface area contributed by atoms with E-state index in [1.165, 1.54) is 18.2 Å². The third-order valence-electron chi connectivity index (χ3n) is 6.35. The molecule has 0 aromatic heterocycles. The van der Waals surface area contributed by atoms with Gasteiger partial charge < -0.3 is 19.7 Å². The van der Waals surface area contributed by atoms with E-state index in [0.29, 0.717) is 23.1 Å². The van der Waals surface area contributed by atoms with E-state index >= 15 is 0 Å². The summed E-state index contributed by atoms with van der Waals surface area (Å²) in [5, 5.41) is 19.2. The predicted molar refractivity (Wildman–Crippen MR) is 105 cm³/mol. The van der Waals surface area contributed by atoms with Crippen LogP contribution >= 0.6 is 0 Å². The van der Waals surface area contributed by atoms with Gasteiger partial charge in [0.05, 0.1) is 18.9 Å². The third-order valence-corrected chi connectivity index (χ3v) is 6.35. The zero-order valence-electron chi connectivity index (χ0n) is 16.8. The van der Waals surface area contributed by atoms with E-state index in [4.69, 9.17) is 9.47 Å². The number of esters is 2. The second-order valence-corrected chi connectivity index (χ2v) is 8.26. The summed E-state index contributed by atoms with van der Waals surface area (Å²) in [4.78, 5) is 37.6. The lowest BCUT2D eigenvalue weighted by Crippen LogP contribution is -2.38. The minimum atomic E-state index is -0.656. The fourth-order valence-corrected chi connectivity index (χ4v) is 4.91. The molecule has 158 valence electrons. The molecule has 0 radical (unpaired) electrons. The molecule has 1 aromatic carbocycles. The Morgan fingerprint density at radius 3 is 2.60 bits per heavy atom. The van der Waals surface area contributed by atoms with Gasteiger partial charge in [0.15, 0.2) is 5.78 Å². The van der Waals surface area contributed by atoms with E-state index in [9.17, 15) is 24.6 Å². The van der Waals surface area contributed by atoms with Crippen molar-refractivity contribution < 1.29 is 34.1 Å². The molecule has 2 N–H and O–H groups in total. The third kappa shape index (κ3) is 3.43. The first-order chi connectivity index (χ1) is 14.3. The molecule has 1 heterocycles. The monoisotopic (exact) mass is 412 g/mol. The molecule has 5 atom stereocenters. The van der Waals surface area contributed by atoms with Gasteiger partial charge in [-0.3, -0.25) is 14.4 Å². The molecule has 0 amide bonds. The normalized spacial score (nSPS) is 30.4. The summed E-state index contributed by atoms with van der Waals surface area (Å²) in [6.07, 6.45) is 0.502. The van der Waals surface area contributed by atoms with E-state index in [0.717, 1.165) is 5.57 Å². The average molecular weight is 412 g/mol. The summed E-state index contributed by atoms with van der Waals surface area (Å²) >= 11 is 0. The Kier molecular flexibility index (Phi) is 5.24. The quantitative estimate of drug-likeness (QED) is 0.727. The largest absolute Gasteiger partial charge is 0.508 e. The number of allylic oxidation sites excluding steroid dienone is 1. The Bertz CT molecular complexity index is 956. The van der Waals surface area contributed by atoms with Crippen LogP contribution in [0, 0.1) is 17.8 Å². The topological polar surface area (TPSA) is 110 Å². The number of hydrogen-bond donors (Lipinski definition) is 2. The standard InChI is InChI=1S/C23H24O7/c1-11-7-17(29-18(27)8-13-3-5-15(25)6-4-13)20-12(2)23(28)30-22(20)21-14(10-24)9-16(26)19(11)21/h3-6,9,12,17,20-22,24-25H,7-8,10H2,1-2H3/t12-,17+,20-,21?,22+/m1/s1. The second kappa shape index (κ2) is 7.72. The molecule has 1 unspecified atom stereocenters. The summed E-state index contributed by atoms with van der Waals surface area (Å²) in [6, 6.07) is 6.29. The number of aliphatic hydroxyl groups is 1. The van der Waals surface area contributed by atoms with E-state index in [1.807, 2.05) is 6.92 Å². The van der Waals surface area contributed by atoms with Crippen molar-refractivity contribution in [3.8, 4) is 5.75 Å². The van der Waals surface area contributed by atoms with Crippen molar-refractivity contribution >= 4 is 17.7 Å². The van der Waals surface area contributed by atoms with Crippen LogP contribution < -0.4 is 0 Å². The van der Waals surface area contributed by atoms with Gasteiger partial charge in [0, 0.05) is 23.8 Å². The van der Waals surface area contributed by atoms with Crippen molar-refractivity contribution in [3.63, 3.8) is 0 Å². The molecule has 1 aromatic rings. The molecule has 1 fully saturated rings. The molecule has 0 saturated carbocycles. The molecule has 3 aliphatic rings. The first-order valence-electron chi connectivity index (χ1n) is 10.0. The van der Waals surface area contributed by atoms with Crippen molar-refractivity contribution in [1.29, 1.82) is 0 Å². The Morgan fingerprint density at radius 2 is 1.93 bits per heavy atom. The van der Waals surface area contributed by atoms with Gasteiger partial charge in [-0.1, -0.05) is 24.6 Å². The van der Waals surface area contributed by atoms with Gasteiger partial charge >= 0.3 is 11.9 Å². The SMILES string of the molecule is CC1=C2C(=O)C=C(CO)C2[C@H]2OC(=O)[C@H](C)[C@@H]2[C@@H](OC(=O)Cc2ccc(O)cc2)C1. The molecular formula is C23H24O7. The molecule has 1 saturated heterocycles. The zero-order valence-corrected chi connectivity index (χ0v) is 16.8. The lowest BCUT2D eigenvalue weighted by atomic mass is 9.79. The van der Waals surface area contributed by atoms with Crippen molar-refractivity contribution in [3.05, 3.63) is 52.6 Å². The van der Waals surface area contributed by atoms with Crippen LogP contribution in [0.25, 0.3) is 0 Å². The molecule has 0 bridgehead atoms. The van der Waals surface area contributed by atoms with E-state index in [2.05, 4.69) is 0 Å². The van der Waals surface area contributed by atoms with Crippen LogP contribution in [0.15, 0.2) is 47.1 Å². The number of rotatable bonds is 4. The highest BCUT2D eigenvalue weighted by Gasteiger charge is 2.55. The van der Waals surface area contributed by atoms with Crippen LogP contribution in [-0.2, 0) is 30.3 Å². The Labute approximate surface area is 174 Å². The van der Waals surface area contributed by atoms with Gasteiger partial charge in [-0.05, 0) is 36.3 Å². The number of aliphatic hydroxyl groups excluding tert-OH is 1. The Balaban J connectivity index is 1.62. The van der Waals surface area contributed by atoms with Crippen LogP contribution in [-0.4, -0.2) is 46.7 Å². The van der Waals surface area contributed by atoms with Gasteiger partial charge in [-0.25, -0.2) is 0 Å². The summed E-state index contributed by atoms with van der Waals surface area (Å²) in [5.41, 5.74) is 2.54. The molecule has 30 heavy (non-hydrogen) atoms. The minimum Gasteiger partial charge on any atom is -0.508 e.